The van der Waals surface area contributed by atoms with Crippen molar-refractivity contribution < 1.29 is 14.6 Å². The number of benzene rings is 1. The van der Waals surface area contributed by atoms with Crippen molar-refractivity contribution in [2.45, 2.75) is 43.8 Å². The Bertz CT molecular complexity index is 383. The first-order valence-electron chi connectivity index (χ1n) is 6.85. The van der Waals surface area contributed by atoms with Crippen molar-refractivity contribution in [1.82, 2.24) is 0 Å². The van der Waals surface area contributed by atoms with E-state index in [1.807, 2.05) is 12.1 Å². The van der Waals surface area contributed by atoms with E-state index >= 15 is 0 Å². The molecule has 0 spiro atoms. The maximum absolute atomic E-state index is 9.77. The van der Waals surface area contributed by atoms with Gasteiger partial charge in [0, 0.05) is 6.61 Å². The summed E-state index contributed by atoms with van der Waals surface area (Å²) in [5.74, 6) is 1.64. The van der Waals surface area contributed by atoms with Gasteiger partial charge in [-0.2, -0.15) is 0 Å². The summed E-state index contributed by atoms with van der Waals surface area (Å²) in [4.78, 5) is 0. The highest BCUT2D eigenvalue weighted by Gasteiger charge is 2.25. The molecule has 2 atom stereocenters. The van der Waals surface area contributed by atoms with Gasteiger partial charge in [-0.3, -0.25) is 0 Å². The second-order valence-corrected chi connectivity index (χ2v) is 5.27. The van der Waals surface area contributed by atoms with Gasteiger partial charge in [0.2, 0.25) is 0 Å². The molecule has 2 fully saturated rings. The fourth-order valence-corrected chi connectivity index (χ4v) is 2.41. The third-order valence-corrected chi connectivity index (χ3v) is 3.75. The van der Waals surface area contributed by atoms with E-state index in [-0.39, 0.29) is 12.2 Å². The van der Waals surface area contributed by atoms with Crippen LogP contribution in [0.4, 0.5) is 0 Å². The number of ether oxygens (including phenoxy) is 2. The van der Waals surface area contributed by atoms with Gasteiger partial charge in [-0.15, -0.1) is 0 Å². The quantitative estimate of drug-likeness (QED) is 0.889. The normalized spacial score (nSPS) is 28.1. The van der Waals surface area contributed by atoms with E-state index < -0.39 is 0 Å². The molecule has 3 rings (SSSR count). The third-order valence-electron chi connectivity index (χ3n) is 3.75. The van der Waals surface area contributed by atoms with Crippen molar-refractivity contribution in [1.29, 1.82) is 0 Å². The average Bonchev–Trinajstić information content (AvgIpc) is 3.23. The van der Waals surface area contributed by atoms with Gasteiger partial charge in [-0.25, -0.2) is 0 Å². The number of aliphatic hydroxyl groups is 1. The molecule has 3 nitrogen and oxygen atoms in total. The lowest BCUT2D eigenvalue weighted by atomic mass is 10.1. The largest absolute Gasteiger partial charge is 0.491 e. The molecule has 0 radical (unpaired) electrons. The minimum atomic E-state index is -0.385. The molecule has 1 saturated heterocycles. The molecule has 1 aliphatic heterocycles. The van der Waals surface area contributed by atoms with E-state index in [0.717, 1.165) is 31.1 Å². The molecule has 0 bridgehead atoms. The van der Waals surface area contributed by atoms with Crippen LogP contribution in [0.1, 0.15) is 37.2 Å². The number of hydrogen-bond acceptors (Lipinski definition) is 3. The second-order valence-electron chi connectivity index (χ2n) is 5.27. The van der Waals surface area contributed by atoms with Gasteiger partial charge >= 0.3 is 0 Å². The average molecular weight is 248 g/mol. The number of rotatable bonds is 4. The Morgan fingerprint density at radius 1 is 1.17 bits per heavy atom. The Morgan fingerprint density at radius 2 is 1.94 bits per heavy atom. The first kappa shape index (κ1) is 12.0. The van der Waals surface area contributed by atoms with E-state index in [2.05, 4.69) is 12.1 Å². The van der Waals surface area contributed by atoms with Crippen LogP contribution in [0.2, 0.25) is 0 Å². The molecule has 1 heterocycles. The molecular weight excluding hydrogens is 228 g/mol. The third kappa shape index (κ3) is 2.85. The van der Waals surface area contributed by atoms with Crippen molar-refractivity contribution in [3.63, 3.8) is 0 Å². The molecule has 2 aliphatic rings. The summed E-state index contributed by atoms with van der Waals surface area (Å²) >= 11 is 0. The van der Waals surface area contributed by atoms with Crippen LogP contribution in [-0.4, -0.2) is 30.5 Å². The number of aliphatic hydroxyl groups excluding tert-OH is 1. The molecule has 0 amide bonds. The molecule has 18 heavy (non-hydrogen) atoms. The van der Waals surface area contributed by atoms with Crippen LogP contribution >= 0.6 is 0 Å². The molecule has 98 valence electrons. The van der Waals surface area contributed by atoms with Crippen molar-refractivity contribution in [3.8, 4) is 5.75 Å². The molecule has 0 aromatic heterocycles. The highest BCUT2D eigenvalue weighted by atomic mass is 16.5. The molecule has 1 N–H and O–H groups in total. The standard InChI is InChI=1S/C15H20O3/c16-14-2-1-9-17-15(14)10-18-13-7-5-12(6-8-13)11-3-4-11/h5-8,11,14-16H,1-4,9-10H2/t14-,15+/m0/s1. The van der Waals surface area contributed by atoms with Gasteiger partial charge in [0.15, 0.2) is 0 Å². The zero-order valence-corrected chi connectivity index (χ0v) is 10.5. The second kappa shape index (κ2) is 5.29. The van der Waals surface area contributed by atoms with Crippen LogP contribution in [0.3, 0.4) is 0 Å². The lowest BCUT2D eigenvalue weighted by Crippen LogP contribution is -2.38. The van der Waals surface area contributed by atoms with Crippen LogP contribution in [0.5, 0.6) is 5.75 Å². The predicted molar refractivity (Wildman–Crippen MR) is 68.9 cm³/mol. The first-order valence-corrected chi connectivity index (χ1v) is 6.85. The minimum Gasteiger partial charge on any atom is -0.491 e. The maximum atomic E-state index is 9.77. The van der Waals surface area contributed by atoms with Gasteiger partial charge in [-0.05, 0) is 49.3 Å². The number of hydrogen-bond donors (Lipinski definition) is 1. The van der Waals surface area contributed by atoms with Crippen LogP contribution in [0, 0.1) is 0 Å². The molecule has 1 aliphatic carbocycles. The fourth-order valence-electron chi connectivity index (χ4n) is 2.41. The summed E-state index contributed by atoms with van der Waals surface area (Å²) < 4.78 is 11.2. The van der Waals surface area contributed by atoms with E-state index in [1.54, 1.807) is 0 Å². The Kier molecular flexibility index (Phi) is 3.52. The lowest BCUT2D eigenvalue weighted by molar-refractivity contribution is -0.0900. The topological polar surface area (TPSA) is 38.7 Å². The maximum Gasteiger partial charge on any atom is 0.119 e. The molecule has 1 aromatic carbocycles. The predicted octanol–water partition coefficient (Wildman–Crippen LogP) is 2.48. The molecule has 1 aromatic rings. The SMILES string of the molecule is O[C@H]1CCCO[C@@H]1COc1ccc(C2CC2)cc1. The summed E-state index contributed by atoms with van der Waals surface area (Å²) in [6.45, 7) is 1.16. The van der Waals surface area contributed by atoms with Gasteiger partial charge in [0.25, 0.3) is 0 Å². The van der Waals surface area contributed by atoms with Crippen LogP contribution < -0.4 is 4.74 Å². The van der Waals surface area contributed by atoms with Crippen LogP contribution in [0.25, 0.3) is 0 Å². The fraction of sp³-hybridized carbons (Fsp3) is 0.600. The van der Waals surface area contributed by atoms with Crippen molar-refractivity contribution in [3.05, 3.63) is 29.8 Å². The minimum absolute atomic E-state index is 0.179. The summed E-state index contributed by atoms with van der Waals surface area (Å²) in [5.41, 5.74) is 1.41. The molecule has 1 saturated carbocycles. The molecule has 0 unspecified atom stereocenters. The van der Waals surface area contributed by atoms with E-state index in [1.165, 1.54) is 18.4 Å². The van der Waals surface area contributed by atoms with Gasteiger partial charge < -0.3 is 14.6 Å². The van der Waals surface area contributed by atoms with Gasteiger partial charge in [0.1, 0.15) is 18.5 Å². The Labute approximate surface area is 108 Å². The van der Waals surface area contributed by atoms with E-state index in [4.69, 9.17) is 9.47 Å². The van der Waals surface area contributed by atoms with Gasteiger partial charge in [0.05, 0.1) is 6.10 Å². The first-order chi connectivity index (χ1) is 8.83. The summed E-state index contributed by atoms with van der Waals surface area (Å²) in [5, 5.41) is 9.77. The molecular formula is C15H20O3. The summed E-state index contributed by atoms with van der Waals surface area (Å²) in [6.07, 6.45) is 3.83. The highest BCUT2D eigenvalue weighted by molar-refractivity contribution is 5.31. The van der Waals surface area contributed by atoms with Crippen molar-refractivity contribution in [2.24, 2.45) is 0 Å². The lowest BCUT2D eigenvalue weighted by Gasteiger charge is -2.27. The van der Waals surface area contributed by atoms with Crippen LogP contribution in [-0.2, 0) is 4.74 Å². The highest BCUT2D eigenvalue weighted by Crippen LogP contribution is 2.40. The monoisotopic (exact) mass is 248 g/mol. The summed E-state index contributed by atoms with van der Waals surface area (Å²) in [7, 11) is 0. The van der Waals surface area contributed by atoms with E-state index in [9.17, 15) is 5.11 Å². The van der Waals surface area contributed by atoms with Crippen molar-refractivity contribution >= 4 is 0 Å². The zero-order chi connectivity index (χ0) is 12.4. The zero-order valence-electron chi connectivity index (χ0n) is 10.5. The van der Waals surface area contributed by atoms with Crippen LogP contribution in [0.15, 0.2) is 24.3 Å². The Hall–Kier alpha value is -1.06. The molecule has 3 heteroatoms. The van der Waals surface area contributed by atoms with Crippen molar-refractivity contribution in [2.75, 3.05) is 13.2 Å². The summed E-state index contributed by atoms with van der Waals surface area (Å²) in [6, 6.07) is 8.32. The van der Waals surface area contributed by atoms with E-state index in [0.29, 0.717) is 6.61 Å². The Morgan fingerprint density at radius 3 is 2.61 bits per heavy atom. The smallest absolute Gasteiger partial charge is 0.119 e. The Balaban J connectivity index is 1.52. The van der Waals surface area contributed by atoms with Gasteiger partial charge in [-0.1, -0.05) is 12.1 Å².